The van der Waals surface area contributed by atoms with Crippen molar-refractivity contribution >= 4 is 11.9 Å². The number of pyridine rings is 1. The number of aromatic carboxylic acids is 1. The third-order valence-corrected chi connectivity index (χ3v) is 5.35. The van der Waals surface area contributed by atoms with Crippen molar-refractivity contribution in [2.45, 2.75) is 26.7 Å². The van der Waals surface area contributed by atoms with E-state index < -0.39 is 5.97 Å². The van der Waals surface area contributed by atoms with Gasteiger partial charge >= 0.3 is 5.97 Å². The molecule has 3 rings (SSSR count). The van der Waals surface area contributed by atoms with Crippen molar-refractivity contribution in [2.75, 3.05) is 13.1 Å². The van der Waals surface area contributed by atoms with Gasteiger partial charge in [0.1, 0.15) is 5.56 Å². The molecule has 0 aliphatic carbocycles. The third-order valence-electron chi connectivity index (χ3n) is 5.35. The third kappa shape index (κ3) is 3.79. The molecule has 0 saturated carbocycles. The van der Waals surface area contributed by atoms with Gasteiger partial charge in [-0.15, -0.1) is 0 Å². The minimum absolute atomic E-state index is 0.213. The molecule has 0 radical (unpaired) electrons. The Bertz CT molecular complexity index is 961. The number of aromatic nitrogens is 1. The average molecular weight is 368 g/mol. The highest BCUT2D eigenvalue weighted by atomic mass is 16.4. The number of hydrogen-bond acceptors (Lipinski definition) is 3. The van der Waals surface area contributed by atoms with Crippen LogP contribution in [-0.2, 0) is 13.5 Å². The quantitative estimate of drug-likeness (QED) is 0.899. The Morgan fingerprint density at radius 3 is 2.67 bits per heavy atom. The van der Waals surface area contributed by atoms with Crippen LogP contribution >= 0.6 is 0 Å². The van der Waals surface area contributed by atoms with Crippen LogP contribution in [0.25, 0.3) is 0 Å². The summed E-state index contributed by atoms with van der Waals surface area (Å²) in [6, 6.07) is 8.78. The smallest absolute Gasteiger partial charge is 0.335 e. The van der Waals surface area contributed by atoms with Gasteiger partial charge in [0.25, 0.3) is 11.5 Å². The van der Waals surface area contributed by atoms with Crippen molar-refractivity contribution in [3.8, 4) is 0 Å². The van der Waals surface area contributed by atoms with Crippen molar-refractivity contribution in [3.63, 3.8) is 0 Å². The molecule has 1 saturated heterocycles. The molecule has 1 aliphatic heterocycles. The van der Waals surface area contributed by atoms with E-state index in [-0.39, 0.29) is 28.5 Å². The number of likely N-dealkylation sites (tertiary alicyclic amines) is 1. The first kappa shape index (κ1) is 18.9. The zero-order valence-corrected chi connectivity index (χ0v) is 15.9. The van der Waals surface area contributed by atoms with E-state index in [0.717, 1.165) is 24.1 Å². The first-order valence-electron chi connectivity index (χ1n) is 9.06. The summed E-state index contributed by atoms with van der Waals surface area (Å²) in [5.74, 6) is -0.895. The molecule has 1 fully saturated rings. The number of nitrogens with zero attached hydrogens (tertiary/aromatic N) is 2. The largest absolute Gasteiger partial charge is 0.478 e. The number of carboxylic acids is 1. The van der Waals surface area contributed by atoms with Gasteiger partial charge in [-0.1, -0.05) is 12.1 Å². The highest BCUT2D eigenvalue weighted by molar-refractivity contribution is 5.95. The highest BCUT2D eigenvalue weighted by Crippen LogP contribution is 2.23. The minimum Gasteiger partial charge on any atom is -0.478 e. The SMILES string of the molecule is Cc1cc(C)n(C)c(=O)c1C(=O)N1CC[C@H](Cc2cccc(C(=O)O)c2)C1. The molecule has 0 unspecified atom stereocenters. The molecule has 142 valence electrons. The Kier molecular flexibility index (Phi) is 5.17. The van der Waals surface area contributed by atoms with Gasteiger partial charge in [-0.2, -0.15) is 0 Å². The normalized spacial score (nSPS) is 16.6. The molecule has 6 heteroatoms. The Balaban J connectivity index is 1.74. The van der Waals surface area contributed by atoms with Crippen LogP contribution in [0.4, 0.5) is 0 Å². The van der Waals surface area contributed by atoms with Gasteiger partial charge in [0.05, 0.1) is 5.56 Å². The van der Waals surface area contributed by atoms with Gasteiger partial charge in [-0.3, -0.25) is 9.59 Å². The van der Waals surface area contributed by atoms with Gasteiger partial charge in [-0.05, 0) is 61.9 Å². The number of carbonyl (C=O) groups is 2. The lowest BCUT2D eigenvalue weighted by Crippen LogP contribution is -2.36. The van der Waals surface area contributed by atoms with Crippen LogP contribution in [0.2, 0.25) is 0 Å². The molecular weight excluding hydrogens is 344 g/mol. The predicted octanol–water partition coefficient (Wildman–Crippen LogP) is 2.41. The molecule has 1 aromatic heterocycles. The maximum Gasteiger partial charge on any atom is 0.335 e. The van der Waals surface area contributed by atoms with Crippen LogP contribution in [0.3, 0.4) is 0 Å². The second-order valence-electron chi connectivity index (χ2n) is 7.32. The van der Waals surface area contributed by atoms with Gasteiger partial charge in [-0.25, -0.2) is 4.79 Å². The van der Waals surface area contributed by atoms with Gasteiger partial charge in [0, 0.05) is 25.8 Å². The molecule has 27 heavy (non-hydrogen) atoms. The zero-order chi connectivity index (χ0) is 19.7. The molecule has 2 heterocycles. The summed E-state index contributed by atoms with van der Waals surface area (Å²) in [6.45, 7) is 4.83. The van der Waals surface area contributed by atoms with Crippen molar-refractivity contribution in [1.29, 1.82) is 0 Å². The summed E-state index contributed by atoms with van der Waals surface area (Å²) in [6.07, 6.45) is 1.56. The first-order valence-corrected chi connectivity index (χ1v) is 9.06. The molecule has 1 aromatic carbocycles. The zero-order valence-electron chi connectivity index (χ0n) is 15.9. The fourth-order valence-electron chi connectivity index (χ4n) is 3.75. The van der Waals surface area contributed by atoms with Gasteiger partial charge in [0.15, 0.2) is 0 Å². The number of aryl methyl sites for hydroxylation is 2. The predicted molar refractivity (Wildman–Crippen MR) is 102 cm³/mol. The molecule has 1 atom stereocenters. The van der Waals surface area contributed by atoms with E-state index in [1.54, 1.807) is 37.1 Å². The number of amides is 1. The summed E-state index contributed by atoms with van der Waals surface area (Å²) >= 11 is 0. The highest BCUT2D eigenvalue weighted by Gasteiger charge is 2.29. The standard InChI is InChI=1S/C21H24N2O4/c1-13-9-14(2)22(3)19(24)18(13)20(25)23-8-7-16(12-23)10-15-5-4-6-17(11-15)21(26)27/h4-6,9,11,16H,7-8,10,12H2,1-3H3,(H,26,27)/t16-/m1/s1. The van der Waals surface area contributed by atoms with Crippen LogP contribution in [0.1, 0.15) is 44.0 Å². The Hall–Kier alpha value is -2.89. The summed E-state index contributed by atoms with van der Waals surface area (Å²) in [4.78, 5) is 38.3. The van der Waals surface area contributed by atoms with E-state index in [9.17, 15) is 14.4 Å². The van der Waals surface area contributed by atoms with Crippen LogP contribution in [0.15, 0.2) is 35.1 Å². The summed E-state index contributed by atoms with van der Waals surface area (Å²) in [7, 11) is 1.68. The molecule has 0 bridgehead atoms. The maximum absolute atomic E-state index is 12.9. The maximum atomic E-state index is 12.9. The van der Waals surface area contributed by atoms with E-state index in [1.807, 2.05) is 19.1 Å². The lowest BCUT2D eigenvalue weighted by Gasteiger charge is -2.19. The summed E-state index contributed by atoms with van der Waals surface area (Å²) in [5.41, 5.74) is 2.76. The van der Waals surface area contributed by atoms with Crippen LogP contribution in [0.5, 0.6) is 0 Å². The second-order valence-corrected chi connectivity index (χ2v) is 7.32. The van der Waals surface area contributed by atoms with E-state index in [1.165, 1.54) is 4.57 Å². The fourth-order valence-corrected chi connectivity index (χ4v) is 3.75. The average Bonchev–Trinajstić information content (AvgIpc) is 3.08. The molecule has 2 aromatic rings. The number of carbonyl (C=O) groups excluding carboxylic acids is 1. The second kappa shape index (κ2) is 7.39. The lowest BCUT2D eigenvalue weighted by molar-refractivity contribution is 0.0696. The summed E-state index contributed by atoms with van der Waals surface area (Å²) < 4.78 is 1.51. The number of hydrogen-bond donors (Lipinski definition) is 1. The molecule has 1 N–H and O–H groups in total. The van der Waals surface area contributed by atoms with Gasteiger partial charge in [0.2, 0.25) is 0 Å². The van der Waals surface area contributed by atoms with E-state index in [4.69, 9.17) is 5.11 Å². The molecular formula is C21H24N2O4. The van der Waals surface area contributed by atoms with Crippen LogP contribution < -0.4 is 5.56 Å². The minimum atomic E-state index is -0.939. The van der Waals surface area contributed by atoms with Crippen molar-refractivity contribution < 1.29 is 14.7 Å². The summed E-state index contributed by atoms with van der Waals surface area (Å²) in [5, 5.41) is 9.12. The monoisotopic (exact) mass is 368 g/mol. The Morgan fingerprint density at radius 1 is 1.22 bits per heavy atom. The first-order chi connectivity index (χ1) is 12.8. The molecule has 1 aliphatic rings. The number of carboxylic acid groups (broad SMARTS) is 1. The molecule has 1 amide bonds. The Morgan fingerprint density at radius 2 is 1.96 bits per heavy atom. The number of benzene rings is 1. The fraction of sp³-hybridized carbons (Fsp3) is 0.381. The van der Waals surface area contributed by atoms with E-state index >= 15 is 0 Å². The lowest BCUT2D eigenvalue weighted by atomic mass is 9.97. The van der Waals surface area contributed by atoms with Gasteiger partial charge < -0.3 is 14.6 Å². The Labute approximate surface area is 158 Å². The molecule has 0 spiro atoms. The molecule has 6 nitrogen and oxygen atoms in total. The van der Waals surface area contributed by atoms with E-state index in [2.05, 4.69) is 0 Å². The number of rotatable bonds is 4. The van der Waals surface area contributed by atoms with Crippen molar-refractivity contribution in [3.05, 3.63) is 68.6 Å². The van der Waals surface area contributed by atoms with Crippen molar-refractivity contribution in [1.82, 2.24) is 9.47 Å². The van der Waals surface area contributed by atoms with Crippen LogP contribution in [-0.4, -0.2) is 39.5 Å². The van der Waals surface area contributed by atoms with Crippen molar-refractivity contribution in [2.24, 2.45) is 13.0 Å². The van der Waals surface area contributed by atoms with Crippen LogP contribution in [0, 0.1) is 19.8 Å². The van der Waals surface area contributed by atoms with E-state index in [0.29, 0.717) is 18.7 Å². The topological polar surface area (TPSA) is 79.6 Å².